The fourth-order valence-corrected chi connectivity index (χ4v) is 4.84. The lowest BCUT2D eigenvalue weighted by molar-refractivity contribution is -0.139. The highest BCUT2D eigenvalue weighted by Crippen LogP contribution is 2.26. The van der Waals surface area contributed by atoms with Gasteiger partial charge in [-0.25, -0.2) is 4.39 Å². The Bertz CT molecular complexity index is 939. The second kappa shape index (κ2) is 12.7. The van der Waals surface area contributed by atoms with Gasteiger partial charge in [0.05, 0.1) is 5.75 Å². The van der Waals surface area contributed by atoms with E-state index in [-0.39, 0.29) is 35.9 Å². The molecule has 1 atom stereocenters. The van der Waals surface area contributed by atoms with Crippen LogP contribution in [0, 0.1) is 5.82 Å². The van der Waals surface area contributed by atoms with Crippen molar-refractivity contribution >= 4 is 58.4 Å². The Kier molecular flexibility index (Phi) is 10.6. The molecule has 1 N–H and O–H groups in total. The lowest BCUT2D eigenvalue weighted by atomic mass is 10.1. The molecule has 0 radical (unpaired) electrons. The van der Waals surface area contributed by atoms with Crippen LogP contribution in [0.15, 0.2) is 36.4 Å². The number of nitrogens with zero attached hydrogens (tertiary/aromatic N) is 1. The van der Waals surface area contributed by atoms with Gasteiger partial charge in [-0.1, -0.05) is 53.9 Å². The molecule has 2 aromatic carbocycles. The Labute approximate surface area is 207 Å². The molecule has 0 spiro atoms. The van der Waals surface area contributed by atoms with E-state index in [1.54, 1.807) is 24.3 Å². The van der Waals surface area contributed by atoms with Crippen molar-refractivity contribution in [3.8, 4) is 0 Å². The Morgan fingerprint density at radius 3 is 2.44 bits per heavy atom. The number of carbonyl (C=O) groups excluding carboxylic acids is 2. The van der Waals surface area contributed by atoms with E-state index in [4.69, 9.17) is 34.8 Å². The second-order valence-electron chi connectivity index (χ2n) is 7.54. The van der Waals surface area contributed by atoms with E-state index in [1.165, 1.54) is 28.8 Å². The van der Waals surface area contributed by atoms with Crippen molar-refractivity contribution in [2.45, 2.75) is 51.6 Å². The summed E-state index contributed by atoms with van der Waals surface area (Å²) in [6, 6.07) is 8.78. The average molecular weight is 520 g/mol. The van der Waals surface area contributed by atoms with Gasteiger partial charge in [0.15, 0.2) is 0 Å². The summed E-state index contributed by atoms with van der Waals surface area (Å²) < 4.78 is 14.0. The largest absolute Gasteiger partial charge is 0.352 e. The summed E-state index contributed by atoms with van der Waals surface area (Å²) in [6.45, 7) is 5.72. The van der Waals surface area contributed by atoms with Gasteiger partial charge >= 0.3 is 0 Å². The number of nitrogens with one attached hydrogen (secondary N) is 1. The average Bonchev–Trinajstić information content (AvgIpc) is 2.71. The fraction of sp³-hybridized carbons (Fsp3) is 0.391. The second-order valence-corrected chi connectivity index (χ2v) is 9.77. The first kappa shape index (κ1) is 26.8. The molecule has 0 unspecified atom stereocenters. The highest BCUT2D eigenvalue weighted by Gasteiger charge is 2.29. The summed E-state index contributed by atoms with van der Waals surface area (Å²) in [6.07, 6.45) is 0.430. The SMILES string of the molecule is CC[C@@H](C(=O)NC(C)C)N(Cc1ccc(Cl)cc1Cl)C(=O)CSCc1c(F)cccc1Cl. The van der Waals surface area contributed by atoms with Gasteiger partial charge in [-0.05, 0) is 50.1 Å². The molecular formula is C23H26Cl3FN2O2S. The molecule has 174 valence electrons. The monoisotopic (exact) mass is 518 g/mol. The molecule has 4 nitrogen and oxygen atoms in total. The lowest BCUT2D eigenvalue weighted by Gasteiger charge is -2.31. The van der Waals surface area contributed by atoms with Crippen molar-refractivity contribution in [2.75, 3.05) is 5.75 Å². The molecule has 2 rings (SSSR count). The Balaban J connectivity index is 2.21. The summed E-state index contributed by atoms with van der Waals surface area (Å²) in [7, 11) is 0. The van der Waals surface area contributed by atoms with Crippen molar-refractivity contribution in [2.24, 2.45) is 0 Å². The van der Waals surface area contributed by atoms with E-state index in [0.29, 0.717) is 32.6 Å². The maximum atomic E-state index is 14.0. The number of halogens is 4. The lowest BCUT2D eigenvalue weighted by Crippen LogP contribution is -2.51. The van der Waals surface area contributed by atoms with Gasteiger partial charge in [0.1, 0.15) is 11.9 Å². The minimum atomic E-state index is -0.672. The molecule has 2 aromatic rings. The molecule has 2 amide bonds. The highest BCUT2D eigenvalue weighted by molar-refractivity contribution is 7.99. The van der Waals surface area contributed by atoms with Crippen LogP contribution in [0.4, 0.5) is 4.39 Å². The van der Waals surface area contributed by atoms with Crippen LogP contribution in [0.2, 0.25) is 15.1 Å². The van der Waals surface area contributed by atoms with Crippen molar-refractivity contribution in [3.05, 3.63) is 68.4 Å². The topological polar surface area (TPSA) is 49.4 Å². The van der Waals surface area contributed by atoms with E-state index in [2.05, 4.69) is 5.32 Å². The van der Waals surface area contributed by atoms with Crippen LogP contribution >= 0.6 is 46.6 Å². The summed E-state index contributed by atoms with van der Waals surface area (Å²) in [5.74, 6) is -0.601. The molecule has 0 aliphatic carbocycles. The zero-order valence-electron chi connectivity index (χ0n) is 18.1. The van der Waals surface area contributed by atoms with E-state index in [9.17, 15) is 14.0 Å². The molecule has 0 heterocycles. The highest BCUT2D eigenvalue weighted by atomic mass is 35.5. The summed E-state index contributed by atoms with van der Waals surface area (Å²) in [4.78, 5) is 27.5. The van der Waals surface area contributed by atoms with Crippen LogP contribution in [0.3, 0.4) is 0 Å². The number of thioether (sulfide) groups is 1. The van der Waals surface area contributed by atoms with Crippen molar-refractivity contribution < 1.29 is 14.0 Å². The first-order valence-corrected chi connectivity index (χ1v) is 12.5. The summed E-state index contributed by atoms with van der Waals surface area (Å²) in [5, 5.41) is 4.09. The standard InChI is InChI=1S/C23H26Cl3FN2O2S/c1-4-21(23(31)28-14(2)3)29(11-15-8-9-16(24)10-19(15)26)22(30)13-32-12-17-18(25)6-5-7-20(17)27/h5-10,14,21H,4,11-13H2,1-3H3,(H,28,31)/t21-/m0/s1. The van der Waals surface area contributed by atoms with Crippen LogP contribution in [0.1, 0.15) is 38.3 Å². The molecule has 0 aliphatic heterocycles. The Morgan fingerprint density at radius 1 is 1.12 bits per heavy atom. The maximum Gasteiger partial charge on any atom is 0.243 e. The number of hydrogen-bond donors (Lipinski definition) is 1. The first-order valence-electron chi connectivity index (χ1n) is 10.2. The predicted octanol–water partition coefficient (Wildman–Crippen LogP) is 6.35. The Morgan fingerprint density at radius 2 is 1.84 bits per heavy atom. The molecule has 32 heavy (non-hydrogen) atoms. The number of hydrogen-bond acceptors (Lipinski definition) is 3. The predicted molar refractivity (Wildman–Crippen MR) is 132 cm³/mol. The fourth-order valence-electron chi connectivity index (χ4n) is 3.13. The van der Waals surface area contributed by atoms with Gasteiger partial charge in [-0.15, -0.1) is 11.8 Å². The van der Waals surface area contributed by atoms with Crippen LogP contribution in [0.25, 0.3) is 0 Å². The number of carbonyl (C=O) groups is 2. The molecule has 0 saturated carbocycles. The zero-order chi connectivity index (χ0) is 23.8. The van der Waals surface area contributed by atoms with Gasteiger partial charge in [0.2, 0.25) is 11.8 Å². The van der Waals surface area contributed by atoms with Crippen LogP contribution in [-0.4, -0.2) is 34.6 Å². The Hall–Kier alpha value is -1.47. The number of amides is 2. The van der Waals surface area contributed by atoms with Crippen molar-refractivity contribution in [3.63, 3.8) is 0 Å². The van der Waals surface area contributed by atoms with E-state index >= 15 is 0 Å². The van der Waals surface area contributed by atoms with Gasteiger partial charge in [-0.3, -0.25) is 9.59 Å². The zero-order valence-corrected chi connectivity index (χ0v) is 21.2. The summed E-state index contributed by atoms with van der Waals surface area (Å²) in [5.41, 5.74) is 1.03. The molecule has 0 aromatic heterocycles. The number of rotatable bonds is 10. The van der Waals surface area contributed by atoms with E-state index < -0.39 is 11.9 Å². The third-order valence-corrected chi connectivity index (χ3v) is 6.59. The molecular weight excluding hydrogens is 494 g/mol. The molecule has 0 fully saturated rings. The minimum Gasteiger partial charge on any atom is -0.352 e. The maximum absolute atomic E-state index is 14.0. The van der Waals surface area contributed by atoms with Gasteiger partial charge < -0.3 is 10.2 Å². The quantitative estimate of drug-likeness (QED) is 0.398. The summed E-state index contributed by atoms with van der Waals surface area (Å²) >= 11 is 19.6. The number of benzene rings is 2. The van der Waals surface area contributed by atoms with Crippen LogP contribution < -0.4 is 5.32 Å². The van der Waals surface area contributed by atoms with Gasteiger partial charge in [0.25, 0.3) is 0 Å². The van der Waals surface area contributed by atoms with E-state index in [1.807, 2.05) is 20.8 Å². The molecule has 0 bridgehead atoms. The molecule has 9 heteroatoms. The third-order valence-electron chi connectivity index (χ3n) is 4.71. The minimum absolute atomic E-state index is 0.0569. The van der Waals surface area contributed by atoms with Gasteiger partial charge in [-0.2, -0.15) is 0 Å². The molecule has 0 aliphatic rings. The molecule has 0 saturated heterocycles. The van der Waals surface area contributed by atoms with E-state index in [0.717, 1.165) is 0 Å². The van der Waals surface area contributed by atoms with Crippen molar-refractivity contribution in [1.29, 1.82) is 0 Å². The normalized spacial score (nSPS) is 12.0. The van der Waals surface area contributed by atoms with Crippen molar-refractivity contribution in [1.82, 2.24) is 10.2 Å². The van der Waals surface area contributed by atoms with Crippen LogP contribution in [-0.2, 0) is 21.9 Å². The smallest absolute Gasteiger partial charge is 0.243 e. The first-order chi connectivity index (χ1) is 15.1. The third kappa shape index (κ3) is 7.55. The van der Waals surface area contributed by atoms with Crippen LogP contribution in [0.5, 0.6) is 0 Å². The van der Waals surface area contributed by atoms with Gasteiger partial charge in [0, 0.05) is 39.0 Å².